The molecule has 23 heavy (non-hydrogen) atoms. The van der Waals surface area contributed by atoms with Crippen LogP contribution in [-0.4, -0.2) is 43.8 Å². The van der Waals surface area contributed by atoms with E-state index in [9.17, 15) is 23.4 Å². The van der Waals surface area contributed by atoms with E-state index in [1.807, 2.05) is 6.66 Å². The van der Waals surface area contributed by atoms with Crippen LogP contribution in [-0.2, 0) is 10.0 Å². The Balaban J connectivity index is 2.09. The summed E-state index contributed by atoms with van der Waals surface area (Å²) >= 11 is 0. The molecule has 1 aromatic carbocycles. The fourth-order valence-electron chi connectivity index (χ4n) is 2.62. The third-order valence-corrected chi connectivity index (χ3v) is 7.47. The maximum Gasteiger partial charge on any atom is 0.293 e. The molecule has 0 radical (unpaired) electrons. The van der Waals surface area contributed by atoms with Crippen molar-refractivity contribution in [3.63, 3.8) is 0 Å². The number of sulfonamides is 1. The average molecular weight is 362 g/mol. The maximum atomic E-state index is 11.3. The Kier molecular flexibility index (Phi) is 5.25. The summed E-state index contributed by atoms with van der Waals surface area (Å²) < 4.78 is 22.6. The van der Waals surface area contributed by atoms with E-state index in [1.54, 1.807) is 0 Å². The minimum Gasteiger partial charge on any atom is -0.379 e. The van der Waals surface area contributed by atoms with Crippen LogP contribution in [0.5, 0.6) is 0 Å². The topological polar surface area (TPSA) is 136 Å². The van der Waals surface area contributed by atoms with Crippen molar-refractivity contribution in [2.75, 3.05) is 30.9 Å². The Morgan fingerprint density at radius 2 is 2.04 bits per heavy atom. The number of hydrogen-bond donors (Lipinski definition) is 3. The number of primary sulfonamides is 1. The van der Waals surface area contributed by atoms with E-state index in [1.165, 1.54) is 12.1 Å². The number of hydrogen-bond acceptors (Lipinski definition) is 6. The molecule has 1 fully saturated rings. The largest absolute Gasteiger partial charge is 0.379 e. The summed E-state index contributed by atoms with van der Waals surface area (Å²) in [6, 6.07) is 3.58. The van der Waals surface area contributed by atoms with Crippen LogP contribution in [0.3, 0.4) is 0 Å². The smallest absolute Gasteiger partial charge is 0.293 e. The molecule has 1 heterocycles. The molecular formula is C13H21N3O5PS+. The molecular weight excluding hydrogens is 341 g/mol. The van der Waals surface area contributed by atoms with Gasteiger partial charge in [-0.1, -0.05) is 0 Å². The molecule has 0 unspecified atom stereocenters. The molecule has 0 saturated carbocycles. The number of nitrogens with zero attached hydrogens (tertiary/aromatic N) is 1. The molecule has 1 aromatic rings. The molecule has 0 amide bonds. The van der Waals surface area contributed by atoms with Crippen LogP contribution < -0.4 is 10.5 Å². The SMILES string of the molecule is C[P+]1(O)CCC(CNc2ccc(S(N)(=O)=O)cc2[N+](=O)[O-])CC1. The Morgan fingerprint density at radius 3 is 2.57 bits per heavy atom. The molecule has 8 nitrogen and oxygen atoms in total. The zero-order valence-electron chi connectivity index (χ0n) is 12.8. The van der Waals surface area contributed by atoms with Gasteiger partial charge in [-0.25, -0.2) is 13.6 Å². The Hall–Kier alpha value is -1.28. The second-order valence-electron chi connectivity index (χ2n) is 6.09. The lowest BCUT2D eigenvalue weighted by Gasteiger charge is -2.27. The summed E-state index contributed by atoms with van der Waals surface area (Å²) in [7, 11) is -5.72. The molecule has 2 rings (SSSR count). The van der Waals surface area contributed by atoms with Crippen molar-refractivity contribution >= 4 is 28.9 Å². The van der Waals surface area contributed by atoms with Crippen molar-refractivity contribution in [2.24, 2.45) is 11.1 Å². The number of nitrogens with one attached hydrogen (secondary N) is 1. The highest BCUT2D eigenvalue weighted by atomic mass is 32.2. The van der Waals surface area contributed by atoms with E-state index >= 15 is 0 Å². The van der Waals surface area contributed by atoms with Crippen LogP contribution in [0.15, 0.2) is 23.1 Å². The first-order valence-electron chi connectivity index (χ1n) is 7.21. The predicted molar refractivity (Wildman–Crippen MR) is 90.5 cm³/mol. The summed E-state index contributed by atoms with van der Waals surface area (Å²) in [5.74, 6) is 0.341. The molecule has 1 saturated heterocycles. The van der Waals surface area contributed by atoms with Gasteiger partial charge in [-0.2, -0.15) is 0 Å². The molecule has 4 N–H and O–H groups in total. The van der Waals surface area contributed by atoms with E-state index in [4.69, 9.17) is 5.14 Å². The Morgan fingerprint density at radius 1 is 1.43 bits per heavy atom. The molecule has 0 atom stereocenters. The number of benzene rings is 1. The van der Waals surface area contributed by atoms with Crippen molar-refractivity contribution in [1.29, 1.82) is 0 Å². The van der Waals surface area contributed by atoms with E-state index in [2.05, 4.69) is 5.32 Å². The Bertz CT molecular complexity index is 698. The van der Waals surface area contributed by atoms with E-state index < -0.39 is 22.4 Å². The summed E-state index contributed by atoms with van der Waals surface area (Å²) in [4.78, 5) is 20.3. The minimum atomic E-state index is -3.98. The molecule has 0 aromatic heterocycles. The van der Waals surface area contributed by atoms with E-state index in [-0.39, 0.29) is 16.3 Å². The second-order valence-corrected chi connectivity index (χ2v) is 11.2. The number of nitro benzene ring substituents is 1. The fourth-order valence-corrected chi connectivity index (χ4v) is 5.22. The van der Waals surface area contributed by atoms with Gasteiger partial charge in [0, 0.05) is 12.6 Å². The molecule has 0 bridgehead atoms. The molecule has 128 valence electrons. The highest BCUT2D eigenvalue weighted by Crippen LogP contribution is 2.55. The molecule has 1 aliphatic heterocycles. The van der Waals surface area contributed by atoms with Crippen LogP contribution in [0.2, 0.25) is 0 Å². The monoisotopic (exact) mass is 362 g/mol. The highest BCUT2D eigenvalue weighted by Gasteiger charge is 2.35. The first kappa shape index (κ1) is 18.1. The lowest BCUT2D eigenvalue weighted by atomic mass is 10.0. The summed E-state index contributed by atoms with van der Waals surface area (Å²) in [5, 5.41) is 19.2. The third-order valence-electron chi connectivity index (χ3n) is 4.11. The molecule has 0 spiro atoms. The number of nitrogens with two attached hydrogens (primary N) is 1. The second kappa shape index (κ2) is 6.68. The van der Waals surface area contributed by atoms with E-state index in [0.717, 1.165) is 31.2 Å². The summed E-state index contributed by atoms with van der Waals surface area (Å²) in [6.45, 7) is 2.48. The van der Waals surface area contributed by atoms with Crippen LogP contribution in [0.1, 0.15) is 12.8 Å². The van der Waals surface area contributed by atoms with Gasteiger partial charge in [0.1, 0.15) is 13.2 Å². The molecule has 0 aliphatic carbocycles. The fraction of sp³-hybridized carbons (Fsp3) is 0.538. The average Bonchev–Trinajstić information content (AvgIpc) is 2.45. The minimum absolute atomic E-state index is 0.273. The van der Waals surface area contributed by atoms with Crippen LogP contribution in [0.4, 0.5) is 11.4 Å². The number of nitro groups is 1. The Labute approximate surface area is 135 Å². The van der Waals surface area contributed by atoms with Crippen molar-refractivity contribution in [1.82, 2.24) is 0 Å². The van der Waals surface area contributed by atoms with Crippen LogP contribution in [0, 0.1) is 16.0 Å². The van der Waals surface area contributed by atoms with Gasteiger partial charge >= 0.3 is 0 Å². The highest BCUT2D eigenvalue weighted by molar-refractivity contribution is 7.89. The summed E-state index contributed by atoms with van der Waals surface area (Å²) in [5.41, 5.74) is -0.0404. The van der Waals surface area contributed by atoms with Gasteiger partial charge < -0.3 is 5.32 Å². The normalized spacial score (nSPS) is 25.1. The van der Waals surface area contributed by atoms with Gasteiger partial charge in [0.25, 0.3) is 5.69 Å². The van der Waals surface area contributed by atoms with Gasteiger partial charge in [0.2, 0.25) is 10.0 Å². The molecule has 1 aliphatic rings. The molecule has 10 heteroatoms. The predicted octanol–water partition coefficient (Wildman–Crippen LogP) is 1.62. The van der Waals surface area contributed by atoms with Gasteiger partial charge in [-0.3, -0.25) is 15.0 Å². The standard InChI is InChI=1S/C13H21N3O5PS/c1-22(19)6-4-10(5-7-22)9-15-12-3-2-11(23(14,20)21)8-13(12)16(17)18/h2-3,8,10,15,19H,4-7,9H2,1H3,(H2,14,20,21)/q+1. The van der Waals surface area contributed by atoms with Crippen molar-refractivity contribution in [2.45, 2.75) is 17.7 Å². The third kappa shape index (κ3) is 4.84. The maximum absolute atomic E-state index is 11.3. The first-order chi connectivity index (χ1) is 10.6. The van der Waals surface area contributed by atoms with Gasteiger partial charge in [-0.15, -0.1) is 0 Å². The zero-order chi connectivity index (χ0) is 17.3. The van der Waals surface area contributed by atoms with Gasteiger partial charge in [0.15, 0.2) is 0 Å². The van der Waals surface area contributed by atoms with Crippen LogP contribution >= 0.6 is 7.49 Å². The number of rotatable bonds is 5. The quantitative estimate of drug-likeness (QED) is 0.414. The van der Waals surface area contributed by atoms with Gasteiger partial charge in [-0.05, 0) is 30.9 Å². The zero-order valence-corrected chi connectivity index (χ0v) is 14.5. The van der Waals surface area contributed by atoms with Gasteiger partial charge in [0.05, 0.1) is 28.8 Å². The first-order valence-corrected chi connectivity index (χ1v) is 11.3. The van der Waals surface area contributed by atoms with Crippen molar-refractivity contribution in [3.8, 4) is 0 Å². The lowest BCUT2D eigenvalue weighted by molar-refractivity contribution is -0.384. The van der Waals surface area contributed by atoms with Crippen molar-refractivity contribution in [3.05, 3.63) is 28.3 Å². The summed E-state index contributed by atoms with van der Waals surface area (Å²) in [6.07, 6.45) is 3.39. The van der Waals surface area contributed by atoms with Crippen LogP contribution in [0.25, 0.3) is 0 Å². The van der Waals surface area contributed by atoms with Crippen molar-refractivity contribution < 1.29 is 18.2 Å². The lowest BCUT2D eigenvalue weighted by Crippen LogP contribution is -2.23. The van der Waals surface area contributed by atoms with E-state index in [0.29, 0.717) is 12.5 Å². The number of anilines is 1.